The van der Waals surface area contributed by atoms with Crippen LogP contribution in [0.2, 0.25) is 0 Å². The average Bonchev–Trinajstić information content (AvgIpc) is 3.17. The molecule has 0 unspecified atom stereocenters. The second kappa shape index (κ2) is 9.43. The Morgan fingerprint density at radius 2 is 1.60 bits per heavy atom. The first-order valence-corrected chi connectivity index (χ1v) is 9.64. The minimum Gasteiger partial charge on any atom is -0.497 e. The molecule has 0 radical (unpaired) electrons. The highest BCUT2D eigenvalue weighted by Gasteiger charge is 2.49. The summed E-state index contributed by atoms with van der Waals surface area (Å²) in [7, 11) is 4.17. The number of nitrogens with zero attached hydrogens (tertiary/aromatic N) is 1. The van der Waals surface area contributed by atoms with E-state index in [0.29, 0.717) is 11.3 Å². The maximum Gasteiger partial charge on any atom is 0.328 e. The zero-order valence-corrected chi connectivity index (χ0v) is 17.2. The van der Waals surface area contributed by atoms with Crippen molar-refractivity contribution in [3.05, 3.63) is 65.7 Å². The molecule has 158 valence electrons. The molecule has 0 aliphatic carbocycles. The van der Waals surface area contributed by atoms with Crippen LogP contribution in [0.3, 0.4) is 0 Å². The molecule has 7 nitrogen and oxygen atoms in total. The second-order valence-corrected chi connectivity index (χ2v) is 7.12. The van der Waals surface area contributed by atoms with E-state index in [-0.39, 0.29) is 24.8 Å². The van der Waals surface area contributed by atoms with E-state index in [1.807, 2.05) is 30.3 Å². The van der Waals surface area contributed by atoms with Crippen LogP contribution < -0.4 is 4.74 Å². The number of esters is 2. The van der Waals surface area contributed by atoms with Gasteiger partial charge in [0, 0.05) is 23.9 Å². The SMILES string of the molecule is COC(=O)C[C@H]1[C@@H](c2ccc(OC)cc2)CN(C(=O)c2ccccc2)[C@@H]1C(=O)OC. The van der Waals surface area contributed by atoms with Crippen LogP contribution in [0, 0.1) is 5.92 Å². The van der Waals surface area contributed by atoms with Gasteiger partial charge in [-0.1, -0.05) is 30.3 Å². The Hall–Kier alpha value is -3.35. The minimum absolute atomic E-state index is 0.00840. The van der Waals surface area contributed by atoms with Crippen LogP contribution in [-0.4, -0.2) is 56.7 Å². The van der Waals surface area contributed by atoms with Crippen LogP contribution in [0.15, 0.2) is 54.6 Å². The van der Waals surface area contributed by atoms with Gasteiger partial charge in [0.25, 0.3) is 5.91 Å². The Bertz CT molecular complexity index is 896. The van der Waals surface area contributed by atoms with E-state index in [4.69, 9.17) is 14.2 Å². The number of methoxy groups -OCH3 is 3. The maximum absolute atomic E-state index is 13.2. The fraction of sp³-hybridized carbons (Fsp3) is 0.348. The average molecular weight is 411 g/mol. The summed E-state index contributed by atoms with van der Waals surface area (Å²) in [6, 6.07) is 15.3. The van der Waals surface area contributed by atoms with Crippen molar-refractivity contribution in [3.63, 3.8) is 0 Å². The zero-order chi connectivity index (χ0) is 21.7. The van der Waals surface area contributed by atoms with Gasteiger partial charge < -0.3 is 19.1 Å². The van der Waals surface area contributed by atoms with E-state index in [1.165, 1.54) is 19.1 Å². The second-order valence-electron chi connectivity index (χ2n) is 7.12. The Balaban J connectivity index is 2.02. The van der Waals surface area contributed by atoms with Crippen LogP contribution in [0.4, 0.5) is 0 Å². The van der Waals surface area contributed by atoms with Gasteiger partial charge in [-0.05, 0) is 29.8 Å². The quantitative estimate of drug-likeness (QED) is 0.680. The molecule has 1 amide bonds. The highest BCUT2D eigenvalue weighted by atomic mass is 16.5. The van der Waals surface area contributed by atoms with Crippen LogP contribution >= 0.6 is 0 Å². The highest BCUT2D eigenvalue weighted by Crippen LogP contribution is 2.41. The topological polar surface area (TPSA) is 82.1 Å². The molecule has 0 spiro atoms. The standard InChI is InChI=1S/C23H25NO6/c1-28-17-11-9-15(10-12-17)19-14-24(22(26)16-7-5-4-6-8-16)21(23(27)30-3)18(19)13-20(25)29-2/h4-12,18-19,21H,13-14H2,1-3H3/t18-,19+,21-/m0/s1. The zero-order valence-electron chi connectivity index (χ0n) is 17.2. The molecule has 0 N–H and O–H groups in total. The van der Waals surface area contributed by atoms with Gasteiger partial charge >= 0.3 is 11.9 Å². The van der Waals surface area contributed by atoms with Gasteiger partial charge in [0.1, 0.15) is 11.8 Å². The number of amides is 1. The normalized spacial score (nSPS) is 20.5. The number of benzene rings is 2. The first kappa shape index (κ1) is 21.4. The lowest BCUT2D eigenvalue weighted by Crippen LogP contribution is -2.44. The van der Waals surface area contributed by atoms with E-state index in [0.717, 1.165) is 5.56 Å². The summed E-state index contributed by atoms with van der Waals surface area (Å²) in [4.78, 5) is 39.6. The fourth-order valence-corrected chi connectivity index (χ4v) is 4.02. The third kappa shape index (κ3) is 4.30. The smallest absolute Gasteiger partial charge is 0.328 e. The van der Waals surface area contributed by atoms with Crippen molar-refractivity contribution in [2.24, 2.45) is 5.92 Å². The first-order chi connectivity index (χ1) is 14.5. The Morgan fingerprint density at radius 3 is 2.17 bits per heavy atom. The van der Waals surface area contributed by atoms with E-state index in [9.17, 15) is 14.4 Å². The molecule has 1 fully saturated rings. The molecule has 30 heavy (non-hydrogen) atoms. The molecule has 3 atom stereocenters. The van der Waals surface area contributed by atoms with Crippen molar-refractivity contribution in [2.75, 3.05) is 27.9 Å². The molecule has 7 heteroatoms. The van der Waals surface area contributed by atoms with Gasteiger partial charge in [-0.3, -0.25) is 9.59 Å². The molecule has 1 saturated heterocycles. The van der Waals surface area contributed by atoms with E-state index in [2.05, 4.69) is 0 Å². The van der Waals surface area contributed by atoms with Crippen LogP contribution in [0.5, 0.6) is 5.75 Å². The summed E-state index contributed by atoms with van der Waals surface area (Å²) in [5, 5.41) is 0. The summed E-state index contributed by atoms with van der Waals surface area (Å²) < 4.78 is 15.1. The predicted octanol–water partition coefficient (Wildman–Crippen LogP) is 2.66. The van der Waals surface area contributed by atoms with E-state index < -0.39 is 23.9 Å². The summed E-state index contributed by atoms with van der Waals surface area (Å²) in [6.45, 7) is 0.279. The molecule has 0 saturated carbocycles. The molecular formula is C23H25NO6. The summed E-state index contributed by atoms with van der Waals surface area (Å²) in [5.41, 5.74) is 1.38. The molecular weight excluding hydrogens is 386 g/mol. The van der Waals surface area contributed by atoms with Crippen molar-refractivity contribution in [1.82, 2.24) is 4.90 Å². The van der Waals surface area contributed by atoms with Gasteiger partial charge in [0.05, 0.1) is 27.8 Å². The van der Waals surface area contributed by atoms with Gasteiger partial charge in [-0.25, -0.2) is 4.79 Å². The lowest BCUT2D eigenvalue weighted by molar-refractivity contribution is -0.148. The third-order valence-electron chi connectivity index (χ3n) is 5.55. The largest absolute Gasteiger partial charge is 0.497 e. The summed E-state index contributed by atoms with van der Waals surface area (Å²) in [5.74, 6) is -1.30. The number of rotatable bonds is 6. The van der Waals surface area contributed by atoms with E-state index in [1.54, 1.807) is 31.4 Å². The summed E-state index contributed by atoms with van der Waals surface area (Å²) >= 11 is 0. The van der Waals surface area contributed by atoms with E-state index >= 15 is 0 Å². The van der Waals surface area contributed by atoms with Crippen molar-refractivity contribution in [3.8, 4) is 5.75 Å². The number of hydrogen-bond acceptors (Lipinski definition) is 6. The predicted molar refractivity (Wildman–Crippen MR) is 109 cm³/mol. The van der Waals surface area contributed by atoms with Crippen molar-refractivity contribution < 1.29 is 28.6 Å². The molecule has 0 bridgehead atoms. The van der Waals surface area contributed by atoms with Crippen molar-refractivity contribution >= 4 is 17.8 Å². The molecule has 0 aromatic heterocycles. The number of likely N-dealkylation sites (tertiary alicyclic amines) is 1. The number of ether oxygens (including phenoxy) is 3. The first-order valence-electron chi connectivity index (χ1n) is 9.64. The monoisotopic (exact) mass is 411 g/mol. The molecule has 1 aliphatic heterocycles. The molecule has 2 aromatic rings. The van der Waals surface area contributed by atoms with Crippen LogP contribution in [0.1, 0.15) is 28.3 Å². The third-order valence-corrected chi connectivity index (χ3v) is 5.55. The Morgan fingerprint density at radius 1 is 0.933 bits per heavy atom. The van der Waals surface area contributed by atoms with Gasteiger partial charge in [-0.2, -0.15) is 0 Å². The van der Waals surface area contributed by atoms with Gasteiger partial charge in [-0.15, -0.1) is 0 Å². The molecule has 3 rings (SSSR count). The number of carbonyl (C=O) groups is 3. The Labute approximate surface area is 175 Å². The Kier molecular flexibility index (Phi) is 6.72. The van der Waals surface area contributed by atoms with Gasteiger partial charge in [0.2, 0.25) is 0 Å². The van der Waals surface area contributed by atoms with Crippen LogP contribution in [-0.2, 0) is 19.1 Å². The van der Waals surface area contributed by atoms with Gasteiger partial charge in [0.15, 0.2) is 0 Å². The van der Waals surface area contributed by atoms with Crippen molar-refractivity contribution in [1.29, 1.82) is 0 Å². The number of hydrogen-bond donors (Lipinski definition) is 0. The lowest BCUT2D eigenvalue weighted by Gasteiger charge is -2.26. The minimum atomic E-state index is -0.895. The maximum atomic E-state index is 13.2. The summed E-state index contributed by atoms with van der Waals surface area (Å²) in [6.07, 6.45) is -0.00840. The molecule has 1 heterocycles. The lowest BCUT2D eigenvalue weighted by atomic mass is 9.83. The number of carbonyl (C=O) groups excluding carboxylic acids is 3. The highest BCUT2D eigenvalue weighted by molar-refractivity contribution is 5.97. The molecule has 1 aliphatic rings. The van der Waals surface area contributed by atoms with Crippen LogP contribution in [0.25, 0.3) is 0 Å². The van der Waals surface area contributed by atoms with Crippen molar-refractivity contribution in [2.45, 2.75) is 18.4 Å². The fourth-order valence-electron chi connectivity index (χ4n) is 4.02. The molecule has 2 aromatic carbocycles.